The van der Waals surface area contributed by atoms with Gasteiger partial charge >= 0.3 is 10.2 Å². The van der Waals surface area contributed by atoms with Crippen LogP contribution in [0.5, 0.6) is 11.5 Å². The summed E-state index contributed by atoms with van der Waals surface area (Å²) < 4.78 is 55.2. The summed E-state index contributed by atoms with van der Waals surface area (Å²) in [7, 11) is 3.64. The van der Waals surface area contributed by atoms with Crippen LogP contribution < -0.4 is 19.1 Å². The molecule has 0 spiro atoms. The molecule has 1 aromatic carbocycles. The summed E-state index contributed by atoms with van der Waals surface area (Å²) in [6.07, 6.45) is 8.07. The second kappa shape index (κ2) is 10.5. The van der Waals surface area contributed by atoms with Crippen LogP contribution in [0.3, 0.4) is 0 Å². The number of hydrogen-bond donors (Lipinski definition) is 1. The summed E-state index contributed by atoms with van der Waals surface area (Å²) in [6.45, 7) is 0.00939. The van der Waals surface area contributed by atoms with Gasteiger partial charge in [-0.25, -0.2) is 14.4 Å². The van der Waals surface area contributed by atoms with Gasteiger partial charge in [0.05, 0.1) is 56.3 Å². The molecule has 0 amide bonds. The molecule has 5 rings (SSSR count). The van der Waals surface area contributed by atoms with Crippen molar-refractivity contribution in [3.8, 4) is 22.8 Å². The predicted octanol–water partition coefficient (Wildman–Crippen LogP) is 2.19. The monoisotopic (exact) mass is 568 g/mol. The zero-order valence-corrected chi connectivity index (χ0v) is 23.2. The number of pyridine rings is 1. The Morgan fingerprint density at radius 1 is 1.12 bits per heavy atom. The largest absolute Gasteiger partial charge is 0.497 e. The lowest BCUT2D eigenvalue weighted by molar-refractivity contribution is -0.726. The highest BCUT2D eigenvalue weighted by Gasteiger charge is 2.24. The lowest BCUT2D eigenvalue weighted by atomic mass is 10.2. The molecule has 0 bridgehead atoms. The number of halogens is 1. The Morgan fingerprint density at radius 2 is 1.93 bits per heavy atom. The third-order valence-corrected chi connectivity index (χ3v) is 7.71. The number of benzene rings is 1. The fourth-order valence-corrected chi connectivity index (χ4v) is 4.75. The van der Waals surface area contributed by atoms with Crippen molar-refractivity contribution in [3.05, 3.63) is 66.6 Å². The van der Waals surface area contributed by atoms with Gasteiger partial charge in [-0.3, -0.25) is 4.98 Å². The lowest BCUT2D eigenvalue weighted by Gasteiger charge is -2.25. The van der Waals surface area contributed by atoms with E-state index in [0.717, 1.165) is 14.0 Å². The topological polar surface area (TPSA) is 135 Å². The molecule has 4 aromatic heterocycles. The average Bonchev–Trinajstić information content (AvgIpc) is 3.61. The second-order valence-corrected chi connectivity index (χ2v) is 11.0. The van der Waals surface area contributed by atoms with Gasteiger partial charge in [0.25, 0.3) is 0 Å². The van der Waals surface area contributed by atoms with Crippen LogP contribution in [0, 0.1) is 5.82 Å². The van der Waals surface area contributed by atoms with Gasteiger partial charge in [-0.15, -0.1) is 4.68 Å². The highest BCUT2D eigenvalue weighted by molar-refractivity contribution is 7.87. The first-order chi connectivity index (χ1) is 19.1. The van der Waals surface area contributed by atoms with Gasteiger partial charge in [-0.1, -0.05) is 0 Å². The highest BCUT2D eigenvalue weighted by Crippen LogP contribution is 2.37. The van der Waals surface area contributed by atoms with Crippen LogP contribution in [-0.2, 0) is 23.8 Å². The number of nitrogens with one attached hydrogen (secondary N) is 1. The summed E-state index contributed by atoms with van der Waals surface area (Å²) in [5, 5.41) is 7.05. The van der Waals surface area contributed by atoms with Crippen molar-refractivity contribution in [1.82, 2.24) is 33.5 Å². The van der Waals surface area contributed by atoms with Crippen molar-refractivity contribution in [2.45, 2.75) is 6.54 Å². The number of ether oxygens (including phenoxy) is 2. The molecule has 0 fully saturated rings. The molecule has 4 heterocycles. The van der Waals surface area contributed by atoms with Gasteiger partial charge in [0.1, 0.15) is 17.1 Å². The Labute approximate surface area is 229 Å². The van der Waals surface area contributed by atoms with Crippen molar-refractivity contribution in [3.63, 3.8) is 0 Å². The van der Waals surface area contributed by atoms with E-state index in [1.165, 1.54) is 52.8 Å². The Morgan fingerprint density at radius 3 is 2.60 bits per heavy atom. The summed E-state index contributed by atoms with van der Waals surface area (Å²) in [5.74, 6) is -0.00472. The number of rotatable bonds is 9. The molecule has 0 radical (unpaired) electrons. The number of hydrogen-bond acceptors (Lipinski definition) is 9. The Balaban J connectivity index is 1.64. The molecule has 40 heavy (non-hydrogen) atoms. The quantitative estimate of drug-likeness (QED) is 0.266. The number of aryl methyl sites for hydroxylation is 1. The second-order valence-electron chi connectivity index (χ2n) is 9.00. The van der Waals surface area contributed by atoms with E-state index in [9.17, 15) is 8.42 Å². The number of fused-ring (bicyclic) bond motifs is 1. The van der Waals surface area contributed by atoms with E-state index >= 15 is 4.39 Å². The fourth-order valence-electron chi connectivity index (χ4n) is 3.98. The molecular formula is C25H27FN9O4S+. The van der Waals surface area contributed by atoms with Gasteiger partial charge in [0, 0.05) is 38.0 Å². The number of anilines is 2. The van der Waals surface area contributed by atoms with E-state index in [-0.39, 0.29) is 18.0 Å². The molecule has 0 saturated heterocycles. The van der Waals surface area contributed by atoms with Gasteiger partial charge in [-0.2, -0.15) is 27.0 Å². The fraction of sp³-hybridized carbons (Fsp3) is 0.240. The molecular weight excluding hydrogens is 541 g/mol. The van der Waals surface area contributed by atoms with Crippen molar-refractivity contribution >= 4 is 32.9 Å². The van der Waals surface area contributed by atoms with Crippen molar-refractivity contribution < 1.29 is 27.0 Å². The van der Waals surface area contributed by atoms with Crippen LogP contribution in [0.15, 0.2) is 55.2 Å². The Bertz CT molecular complexity index is 1800. The van der Waals surface area contributed by atoms with Crippen LogP contribution in [0.2, 0.25) is 0 Å². The minimum atomic E-state index is -3.84. The van der Waals surface area contributed by atoms with Crippen molar-refractivity contribution in [1.29, 1.82) is 0 Å². The maximum absolute atomic E-state index is 15.7. The lowest BCUT2D eigenvalue weighted by Crippen LogP contribution is -2.29. The van der Waals surface area contributed by atoms with Gasteiger partial charge in [0.15, 0.2) is 24.3 Å². The van der Waals surface area contributed by atoms with Crippen LogP contribution in [0.1, 0.15) is 5.56 Å². The molecule has 0 atom stereocenters. The van der Waals surface area contributed by atoms with Crippen molar-refractivity contribution in [2.75, 3.05) is 33.2 Å². The summed E-state index contributed by atoms with van der Waals surface area (Å²) in [6, 6.07) is 6.35. The van der Waals surface area contributed by atoms with E-state index < -0.39 is 16.0 Å². The molecule has 1 N–H and O–H groups in total. The summed E-state index contributed by atoms with van der Waals surface area (Å²) >= 11 is 0. The molecule has 0 aliphatic heterocycles. The maximum atomic E-state index is 15.7. The molecule has 0 unspecified atom stereocenters. The van der Waals surface area contributed by atoms with Gasteiger partial charge < -0.3 is 14.4 Å². The van der Waals surface area contributed by atoms with E-state index in [1.54, 1.807) is 34.1 Å². The molecule has 13 nitrogen and oxygen atoms in total. The predicted molar refractivity (Wildman–Crippen MR) is 144 cm³/mol. The van der Waals surface area contributed by atoms with Crippen LogP contribution in [-0.4, -0.2) is 70.3 Å². The Kier molecular flexibility index (Phi) is 7.08. The molecule has 5 aromatic rings. The number of methoxy groups -OCH3 is 2. The third-order valence-electron chi connectivity index (χ3n) is 6.11. The van der Waals surface area contributed by atoms with Crippen molar-refractivity contribution in [2.24, 2.45) is 7.05 Å². The summed E-state index contributed by atoms with van der Waals surface area (Å²) in [4.78, 5) is 15.4. The Hall–Kier alpha value is -4.63. The molecule has 0 aliphatic rings. The highest BCUT2D eigenvalue weighted by atomic mass is 32.2. The molecule has 0 saturated carbocycles. The number of H-pyrrole nitrogens is 1. The zero-order valence-electron chi connectivity index (χ0n) is 22.4. The SMILES string of the molecule is COc1cc(OC)c(F)c(N(Cc2cnn(S(=O)(=O)N(C)C)c2)c2ccc3ncc(-c4c[nH][n+](C)c4)nc3n2)c1. The smallest absolute Gasteiger partial charge is 0.322 e. The minimum Gasteiger partial charge on any atom is -0.497 e. The standard InChI is InChI=1S/C25H26FN9O4S/c1-32(2)40(36,37)35-14-16(10-29-35)13-34(21-8-18(38-4)9-22(39-5)24(21)26)23-7-6-19-25(31-23)30-20(12-27-19)17-11-28-33(3)15-17/h6-12,14-15H,13H2,1-5H3/p+1. The number of aromatic nitrogens is 7. The molecule has 15 heteroatoms. The first kappa shape index (κ1) is 27.0. The normalized spacial score (nSPS) is 11.8. The van der Waals surface area contributed by atoms with E-state index in [1.807, 2.05) is 13.2 Å². The molecule has 208 valence electrons. The zero-order chi connectivity index (χ0) is 28.6. The third kappa shape index (κ3) is 5.03. The summed E-state index contributed by atoms with van der Waals surface area (Å²) in [5.41, 5.74) is 2.87. The average molecular weight is 569 g/mol. The van der Waals surface area contributed by atoms with Crippen LogP contribution in [0.25, 0.3) is 22.4 Å². The number of nitrogens with zero attached hydrogens (tertiary/aromatic N) is 8. The molecule has 0 aliphatic carbocycles. The van der Waals surface area contributed by atoms with Gasteiger partial charge in [0.2, 0.25) is 6.20 Å². The number of aromatic amines is 1. The maximum Gasteiger partial charge on any atom is 0.322 e. The first-order valence-corrected chi connectivity index (χ1v) is 13.3. The van der Waals surface area contributed by atoms with E-state index in [2.05, 4.69) is 20.2 Å². The van der Waals surface area contributed by atoms with E-state index in [0.29, 0.717) is 34.0 Å². The van der Waals surface area contributed by atoms with Crippen LogP contribution in [0.4, 0.5) is 15.9 Å². The first-order valence-electron chi connectivity index (χ1n) is 11.9. The van der Waals surface area contributed by atoms with Gasteiger partial charge in [-0.05, 0) is 12.1 Å². The van der Waals surface area contributed by atoms with E-state index in [4.69, 9.17) is 14.5 Å². The van der Waals surface area contributed by atoms with Crippen LogP contribution >= 0.6 is 0 Å². The minimum absolute atomic E-state index is 0.00939.